The number of fused-ring (bicyclic) bond motifs is 1. The van der Waals surface area contributed by atoms with Crippen molar-refractivity contribution in [1.82, 2.24) is 19.6 Å². The number of anilines is 1. The summed E-state index contributed by atoms with van der Waals surface area (Å²) in [5.74, 6) is 0. The molecule has 1 aliphatic rings. The predicted octanol–water partition coefficient (Wildman–Crippen LogP) is 2.59. The maximum Gasteiger partial charge on any atom is 0.178 e. The topological polar surface area (TPSA) is 55.5 Å². The van der Waals surface area contributed by atoms with Crippen molar-refractivity contribution in [2.45, 2.75) is 6.92 Å². The molecule has 4 heterocycles. The molecule has 0 amide bonds. The Balaban J connectivity index is 1.89. The highest BCUT2D eigenvalue weighted by Crippen LogP contribution is 2.29. The minimum absolute atomic E-state index is 0.459. The summed E-state index contributed by atoms with van der Waals surface area (Å²) in [7, 11) is 0. The summed E-state index contributed by atoms with van der Waals surface area (Å²) in [5, 5.41) is 4.96. The van der Waals surface area contributed by atoms with Crippen molar-refractivity contribution >= 4 is 22.9 Å². The molecule has 3 aromatic rings. The molecule has 3 aromatic heterocycles. The number of hydrogen-bond acceptors (Lipinski definition) is 5. The van der Waals surface area contributed by atoms with Crippen molar-refractivity contribution < 1.29 is 4.74 Å². The molecule has 0 bridgehead atoms. The summed E-state index contributed by atoms with van der Waals surface area (Å²) < 4.78 is 7.32. The molecule has 0 unspecified atom stereocenters. The van der Waals surface area contributed by atoms with E-state index in [2.05, 4.69) is 15.0 Å². The molecule has 0 N–H and O–H groups in total. The van der Waals surface area contributed by atoms with Crippen LogP contribution in [-0.2, 0) is 4.74 Å². The Morgan fingerprint density at radius 2 is 2.00 bits per heavy atom. The third-order valence-corrected chi connectivity index (χ3v) is 4.23. The maximum absolute atomic E-state index is 6.03. The number of hydrogen-bond donors (Lipinski definition) is 0. The first-order valence-corrected chi connectivity index (χ1v) is 7.91. The van der Waals surface area contributed by atoms with E-state index >= 15 is 0 Å². The fourth-order valence-corrected chi connectivity index (χ4v) is 3.15. The van der Waals surface area contributed by atoms with E-state index in [1.807, 2.05) is 35.8 Å². The number of nitrogens with zero attached hydrogens (tertiary/aromatic N) is 5. The summed E-state index contributed by atoms with van der Waals surface area (Å²) in [5.41, 5.74) is 4.76. The van der Waals surface area contributed by atoms with Crippen molar-refractivity contribution in [1.29, 1.82) is 0 Å². The van der Waals surface area contributed by atoms with Crippen molar-refractivity contribution in [3.05, 3.63) is 41.4 Å². The predicted molar refractivity (Wildman–Crippen MR) is 89.0 cm³/mol. The molecule has 6 nitrogen and oxygen atoms in total. The first kappa shape index (κ1) is 14.4. The van der Waals surface area contributed by atoms with Crippen molar-refractivity contribution in [2.75, 3.05) is 31.2 Å². The number of morpholine rings is 1. The van der Waals surface area contributed by atoms with E-state index in [1.54, 1.807) is 6.20 Å². The molecular weight excluding hydrogens is 314 g/mol. The molecule has 1 saturated heterocycles. The maximum atomic E-state index is 6.03. The summed E-state index contributed by atoms with van der Waals surface area (Å²) in [6, 6.07) is 5.77. The van der Waals surface area contributed by atoms with Gasteiger partial charge in [0.2, 0.25) is 0 Å². The fraction of sp³-hybridized carbons (Fsp3) is 0.312. The lowest BCUT2D eigenvalue weighted by Gasteiger charge is -2.28. The molecule has 0 radical (unpaired) electrons. The third kappa shape index (κ3) is 2.54. The van der Waals surface area contributed by atoms with Gasteiger partial charge in [-0.05, 0) is 25.1 Å². The van der Waals surface area contributed by atoms with Gasteiger partial charge in [0.15, 0.2) is 5.65 Å². The second-order valence-electron chi connectivity index (χ2n) is 5.46. The Bertz CT molecular complexity index is 857. The Hall–Kier alpha value is -2.18. The van der Waals surface area contributed by atoms with Crippen molar-refractivity contribution in [3.8, 4) is 11.3 Å². The lowest BCUT2D eigenvalue weighted by Crippen LogP contribution is -2.36. The number of rotatable bonds is 2. The van der Waals surface area contributed by atoms with Gasteiger partial charge in [0.05, 0.1) is 36.5 Å². The number of aryl methyl sites for hydroxylation is 1. The number of imidazole rings is 1. The van der Waals surface area contributed by atoms with Gasteiger partial charge in [-0.2, -0.15) is 5.10 Å². The molecule has 7 heteroatoms. The Kier molecular flexibility index (Phi) is 3.63. The van der Waals surface area contributed by atoms with Crippen molar-refractivity contribution in [2.24, 2.45) is 0 Å². The smallest absolute Gasteiger partial charge is 0.178 e. The zero-order chi connectivity index (χ0) is 15.8. The summed E-state index contributed by atoms with van der Waals surface area (Å²) >= 11 is 6.03. The summed E-state index contributed by atoms with van der Waals surface area (Å²) in [6.45, 7) is 5.19. The van der Waals surface area contributed by atoms with Gasteiger partial charge in [-0.25, -0.2) is 14.5 Å². The van der Waals surface area contributed by atoms with Gasteiger partial charge in [-0.1, -0.05) is 11.6 Å². The second kappa shape index (κ2) is 5.79. The lowest BCUT2D eigenvalue weighted by atomic mass is 10.2. The van der Waals surface area contributed by atoms with Gasteiger partial charge in [0.1, 0.15) is 5.15 Å². The fourth-order valence-electron chi connectivity index (χ4n) is 2.97. The normalized spacial score (nSPS) is 15.3. The van der Waals surface area contributed by atoms with E-state index in [0.717, 1.165) is 54.6 Å². The first-order chi connectivity index (χ1) is 11.2. The highest BCUT2D eigenvalue weighted by Gasteiger charge is 2.19. The van der Waals surface area contributed by atoms with E-state index in [0.29, 0.717) is 5.15 Å². The van der Waals surface area contributed by atoms with Crippen LogP contribution >= 0.6 is 11.6 Å². The molecule has 0 atom stereocenters. The van der Waals surface area contributed by atoms with Crippen LogP contribution in [0.2, 0.25) is 5.15 Å². The van der Waals surface area contributed by atoms with E-state index in [-0.39, 0.29) is 0 Å². The van der Waals surface area contributed by atoms with Gasteiger partial charge >= 0.3 is 0 Å². The molecule has 23 heavy (non-hydrogen) atoms. The molecular formula is C16H16ClN5O. The van der Waals surface area contributed by atoms with Crippen LogP contribution in [0.5, 0.6) is 0 Å². The number of aromatic nitrogens is 4. The van der Waals surface area contributed by atoms with Gasteiger partial charge in [0.25, 0.3) is 0 Å². The number of ether oxygens (including phenoxy) is 1. The quantitative estimate of drug-likeness (QED) is 0.676. The second-order valence-corrected chi connectivity index (χ2v) is 5.85. The largest absolute Gasteiger partial charge is 0.378 e. The molecule has 0 saturated carbocycles. The van der Waals surface area contributed by atoms with Gasteiger partial charge in [-0.15, -0.1) is 0 Å². The number of pyridine rings is 1. The zero-order valence-corrected chi connectivity index (χ0v) is 13.5. The van der Waals surface area contributed by atoms with Crippen molar-refractivity contribution in [3.63, 3.8) is 0 Å². The molecule has 118 valence electrons. The van der Waals surface area contributed by atoms with Crippen LogP contribution in [0.25, 0.3) is 16.9 Å². The minimum atomic E-state index is 0.459. The minimum Gasteiger partial charge on any atom is -0.378 e. The van der Waals surface area contributed by atoms with Crippen LogP contribution in [0.15, 0.2) is 30.6 Å². The first-order valence-electron chi connectivity index (χ1n) is 7.53. The average molecular weight is 330 g/mol. The molecule has 1 fully saturated rings. The lowest BCUT2D eigenvalue weighted by molar-refractivity contribution is 0.123. The van der Waals surface area contributed by atoms with Crippen LogP contribution in [0, 0.1) is 6.92 Å². The Morgan fingerprint density at radius 3 is 2.78 bits per heavy atom. The SMILES string of the molecule is Cc1nc2c(N3CCOCC3)ccnn2c1-c1ccnc(Cl)c1. The van der Waals surface area contributed by atoms with E-state index < -0.39 is 0 Å². The monoisotopic (exact) mass is 329 g/mol. The molecule has 4 rings (SSSR count). The Morgan fingerprint density at radius 1 is 1.17 bits per heavy atom. The van der Waals surface area contributed by atoms with Crippen LogP contribution < -0.4 is 4.90 Å². The number of halogens is 1. The van der Waals surface area contributed by atoms with Gasteiger partial charge in [0, 0.05) is 24.8 Å². The molecule has 1 aliphatic heterocycles. The standard InChI is InChI=1S/C16H16ClN5O/c1-11-15(12-2-4-18-14(17)10-12)22-16(20-11)13(3-5-19-22)21-6-8-23-9-7-21/h2-5,10H,6-9H2,1H3. The Labute approximate surface area is 138 Å². The van der Waals surface area contributed by atoms with Gasteiger partial charge < -0.3 is 9.64 Å². The summed E-state index contributed by atoms with van der Waals surface area (Å²) in [4.78, 5) is 11.1. The van der Waals surface area contributed by atoms with E-state index in [4.69, 9.17) is 21.3 Å². The highest BCUT2D eigenvalue weighted by atomic mass is 35.5. The zero-order valence-electron chi connectivity index (χ0n) is 12.7. The highest BCUT2D eigenvalue weighted by molar-refractivity contribution is 6.29. The van der Waals surface area contributed by atoms with Gasteiger partial charge in [-0.3, -0.25) is 0 Å². The summed E-state index contributed by atoms with van der Waals surface area (Å²) in [6.07, 6.45) is 3.51. The molecule has 0 spiro atoms. The van der Waals surface area contributed by atoms with Crippen LogP contribution in [0.1, 0.15) is 5.69 Å². The molecule has 0 aromatic carbocycles. The van der Waals surface area contributed by atoms with Crippen LogP contribution in [0.3, 0.4) is 0 Å². The van der Waals surface area contributed by atoms with E-state index in [9.17, 15) is 0 Å². The van der Waals surface area contributed by atoms with Crippen LogP contribution in [-0.4, -0.2) is 45.9 Å². The van der Waals surface area contributed by atoms with Crippen LogP contribution in [0.4, 0.5) is 5.69 Å². The third-order valence-electron chi connectivity index (χ3n) is 4.02. The molecule has 0 aliphatic carbocycles. The average Bonchev–Trinajstić information content (AvgIpc) is 2.91. The van der Waals surface area contributed by atoms with E-state index in [1.165, 1.54) is 0 Å².